The van der Waals surface area contributed by atoms with Gasteiger partial charge in [-0.05, 0) is 24.1 Å². The van der Waals surface area contributed by atoms with Crippen molar-refractivity contribution in [3.63, 3.8) is 0 Å². The van der Waals surface area contributed by atoms with Crippen LogP contribution in [0.4, 0.5) is 0 Å². The average molecular weight is 206 g/mol. The predicted octanol–water partition coefficient (Wildman–Crippen LogP) is 2.06. The number of hydrogen-bond acceptors (Lipinski definition) is 2. The average Bonchev–Trinajstić information content (AvgIpc) is 2.67. The molecule has 15 heavy (non-hydrogen) atoms. The van der Waals surface area contributed by atoms with Crippen LogP contribution in [0.5, 0.6) is 0 Å². The van der Waals surface area contributed by atoms with Gasteiger partial charge in [-0.2, -0.15) is 0 Å². The smallest absolute Gasteiger partial charge is 0.335 e. The summed E-state index contributed by atoms with van der Waals surface area (Å²) >= 11 is 0. The van der Waals surface area contributed by atoms with Gasteiger partial charge < -0.3 is 9.84 Å². The molecule has 1 atom stereocenters. The second-order valence-electron chi connectivity index (χ2n) is 4.25. The Labute approximate surface area is 88.7 Å². The van der Waals surface area contributed by atoms with Crippen LogP contribution in [0.1, 0.15) is 29.3 Å². The first kappa shape index (κ1) is 10.2. The second kappa shape index (κ2) is 3.66. The van der Waals surface area contributed by atoms with Crippen LogP contribution in [0.15, 0.2) is 24.3 Å². The normalized spacial score (nSPS) is 25.4. The van der Waals surface area contributed by atoms with Crippen molar-refractivity contribution < 1.29 is 14.6 Å². The summed E-state index contributed by atoms with van der Waals surface area (Å²) in [5, 5.41) is 8.90. The molecule has 0 aromatic heterocycles. The zero-order valence-corrected chi connectivity index (χ0v) is 8.69. The fourth-order valence-electron chi connectivity index (χ4n) is 1.92. The topological polar surface area (TPSA) is 46.5 Å². The van der Waals surface area contributed by atoms with E-state index in [0.717, 1.165) is 18.6 Å². The minimum atomic E-state index is -0.876. The molecule has 1 fully saturated rings. The fraction of sp³-hybridized carbons (Fsp3) is 0.417. The highest BCUT2D eigenvalue weighted by molar-refractivity contribution is 5.87. The van der Waals surface area contributed by atoms with Gasteiger partial charge in [-0.25, -0.2) is 4.79 Å². The molecule has 0 aliphatic carbocycles. The van der Waals surface area contributed by atoms with Crippen LogP contribution in [0.25, 0.3) is 0 Å². The Kier molecular flexibility index (Phi) is 2.49. The number of rotatable bonds is 2. The van der Waals surface area contributed by atoms with Crippen molar-refractivity contribution in [2.45, 2.75) is 18.8 Å². The lowest BCUT2D eigenvalue weighted by Gasteiger charge is -2.22. The molecule has 1 heterocycles. The van der Waals surface area contributed by atoms with Crippen molar-refractivity contribution in [3.8, 4) is 0 Å². The maximum absolute atomic E-state index is 10.8. The molecule has 0 bridgehead atoms. The van der Waals surface area contributed by atoms with E-state index in [9.17, 15) is 4.79 Å². The third-order valence-corrected chi connectivity index (χ3v) is 3.03. The van der Waals surface area contributed by atoms with Gasteiger partial charge in [0.2, 0.25) is 0 Å². The van der Waals surface area contributed by atoms with Crippen LogP contribution >= 0.6 is 0 Å². The maximum atomic E-state index is 10.8. The van der Waals surface area contributed by atoms with Crippen LogP contribution in [0.2, 0.25) is 0 Å². The van der Waals surface area contributed by atoms with Crippen molar-refractivity contribution in [2.75, 3.05) is 13.2 Å². The lowest BCUT2D eigenvalue weighted by atomic mass is 9.81. The first-order valence-corrected chi connectivity index (χ1v) is 5.03. The number of carbonyl (C=O) groups is 1. The van der Waals surface area contributed by atoms with E-state index in [-0.39, 0.29) is 5.41 Å². The lowest BCUT2D eigenvalue weighted by Crippen LogP contribution is -2.22. The molecule has 1 saturated heterocycles. The highest BCUT2D eigenvalue weighted by atomic mass is 16.5. The van der Waals surface area contributed by atoms with Crippen LogP contribution in [0, 0.1) is 0 Å². The van der Waals surface area contributed by atoms with Gasteiger partial charge in [-0.15, -0.1) is 0 Å². The molecular weight excluding hydrogens is 192 g/mol. The number of ether oxygens (including phenoxy) is 1. The highest BCUT2D eigenvalue weighted by Gasteiger charge is 2.31. The van der Waals surface area contributed by atoms with Crippen LogP contribution in [0.3, 0.4) is 0 Å². The number of carboxylic acid groups (broad SMARTS) is 1. The number of aromatic carboxylic acids is 1. The van der Waals surface area contributed by atoms with Gasteiger partial charge in [0.05, 0.1) is 12.2 Å². The first-order chi connectivity index (χ1) is 7.12. The zero-order valence-electron chi connectivity index (χ0n) is 8.69. The summed E-state index contributed by atoms with van der Waals surface area (Å²) in [7, 11) is 0. The van der Waals surface area contributed by atoms with Gasteiger partial charge in [0, 0.05) is 12.0 Å². The van der Waals surface area contributed by atoms with E-state index in [2.05, 4.69) is 6.92 Å². The summed E-state index contributed by atoms with van der Waals surface area (Å²) < 4.78 is 5.37. The maximum Gasteiger partial charge on any atom is 0.335 e. The van der Waals surface area contributed by atoms with Gasteiger partial charge in [0.25, 0.3) is 0 Å². The quantitative estimate of drug-likeness (QED) is 0.805. The summed E-state index contributed by atoms with van der Waals surface area (Å²) in [6, 6.07) is 7.13. The van der Waals surface area contributed by atoms with Crippen LogP contribution < -0.4 is 0 Å². The van der Waals surface area contributed by atoms with Gasteiger partial charge in [-0.1, -0.05) is 19.1 Å². The fourth-order valence-corrected chi connectivity index (χ4v) is 1.92. The number of carboxylic acids is 1. The van der Waals surface area contributed by atoms with E-state index in [1.165, 1.54) is 0 Å². The Balaban J connectivity index is 2.36. The molecule has 1 aliphatic heterocycles. The monoisotopic (exact) mass is 206 g/mol. The van der Waals surface area contributed by atoms with E-state index in [1.54, 1.807) is 18.2 Å². The molecule has 80 valence electrons. The third-order valence-electron chi connectivity index (χ3n) is 3.03. The molecule has 1 N–H and O–H groups in total. The second-order valence-corrected chi connectivity index (χ2v) is 4.25. The van der Waals surface area contributed by atoms with Crippen molar-refractivity contribution in [2.24, 2.45) is 0 Å². The van der Waals surface area contributed by atoms with Crippen molar-refractivity contribution in [3.05, 3.63) is 35.4 Å². The van der Waals surface area contributed by atoms with E-state index in [0.29, 0.717) is 12.2 Å². The zero-order chi connectivity index (χ0) is 10.9. The van der Waals surface area contributed by atoms with E-state index in [4.69, 9.17) is 9.84 Å². The Bertz CT molecular complexity index is 378. The molecule has 1 unspecified atom stereocenters. The first-order valence-electron chi connectivity index (χ1n) is 5.03. The Morgan fingerprint density at radius 1 is 1.53 bits per heavy atom. The predicted molar refractivity (Wildman–Crippen MR) is 56.2 cm³/mol. The van der Waals surface area contributed by atoms with Gasteiger partial charge in [0.15, 0.2) is 0 Å². The van der Waals surface area contributed by atoms with Crippen molar-refractivity contribution >= 4 is 5.97 Å². The van der Waals surface area contributed by atoms with Gasteiger partial charge >= 0.3 is 5.97 Å². The van der Waals surface area contributed by atoms with Crippen molar-refractivity contribution in [1.82, 2.24) is 0 Å². The third kappa shape index (κ3) is 1.88. The highest BCUT2D eigenvalue weighted by Crippen LogP contribution is 2.32. The molecule has 0 saturated carbocycles. The minimum absolute atomic E-state index is 0.0224. The summed E-state index contributed by atoms with van der Waals surface area (Å²) in [5.41, 5.74) is 1.38. The summed E-state index contributed by atoms with van der Waals surface area (Å²) in [6.07, 6.45) is 0.954. The number of hydrogen-bond donors (Lipinski definition) is 1. The molecule has 3 nitrogen and oxygen atoms in total. The van der Waals surface area contributed by atoms with E-state index < -0.39 is 5.97 Å². The molecule has 3 heteroatoms. The Morgan fingerprint density at radius 2 is 2.33 bits per heavy atom. The van der Waals surface area contributed by atoms with Crippen LogP contribution in [-0.2, 0) is 10.2 Å². The van der Waals surface area contributed by atoms with Crippen molar-refractivity contribution in [1.29, 1.82) is 0 Å². The molecule has 0 amide bonds. The molecule has 0 spiro atoms. The van der Waals surface area contributed by atoms with E-state index >= 15 is 0 Å². The molecule has 1 aromatic carbocycles. The molecule has 0 radical (unpaired) electrons. The summed E-state index contributed by atoms with van der Waals surface area (Å²) in [6.45, 7) is 3.55. The summed E-state index contributed by atoms with van der Waals surface area (Å²) in [4.78, 5) is 10.8. The largest absolute Gasteiger partial charge is 0.478 e. The Morgan fingerprint density at radius 3 is 2.93 bits per heavy atom. The Hall–Kier alpha value is -1.35. The SMILES string of the molecule is CC1(c2cccc(C(=O)O)c2)CCOC1. The van der Waals surface area contributed by atoms with Crippen LogP contribution in [-0.4, -0.2) is 24.3 Å². The lowest BCUT2D eigenvalue weighted by molar-refractivity contribution is 0.0696. The molecule has 2 rings (SSSR count). The van der Waals surface area contributed by atoms with Gasteiger partial charge in [-0.3, -0.25) is 0 Å². The molecule has 1 aliphatic rings. The van der Waals surface area contributed by atoms with E-state index in [1.807, 2.05) is 6.07 Å². The summed E-state index contributed by atoms with van der Waals surface area (Å²) in [5.74, 6) is -0.876. The molecule has 1 aromatic rings. The number of benzene rings is 1. The molecular formula is C12H14O3. The standard InChI is InChI=1S/C12H14O3/c1-12(5-6-15-8-12)10-4-2-3-9(7-10)11(13)14/h2-4,7H,5-6,8H2,1H3,(H,13,14). The minimum Gasteiger partial charge on any atom is -0.478 e. The van der Waals surface area contributed by atoms with Gasteiger partial charge in [0.1, 0.15) is 0 Å².